The van der Waals surface area contributed by atoms with Crippen LogP contribution in [0.2, 0.25) is 0 Å². The smallest absolute Gasteiger partial charge is 0.243 e. The van der Waals surface area contributed by atoms with E-state index in [9.17, 15) is 4.79 Å². The third-order valence-corrected chi connectivity index (χ3v) is 7.09. The first-order chi connectivity index (χ1) is 13.7. The van der Waals surface area contributed by atoms with E-state index in [1.807, 2.05) is 6.92 Å². The van der Waals surface area contributed by atoms with Crippen molar-refractivity contribution < 1.29 is 24.2 Å². The van der Waals surface area contributed by atoms with Crippen molar-refractivity contribution in [3.8, 4) is 0 Å². The third-order valence-electron chi connectivity index (χ3n) is 7.09. The van der Waals surface area contributed by atoms with Crippen molar-refractivity contribution in [2.75, 3.05) is 19.8 Å². The lowest BCUT2D eigenvalue weighted by Gasteiger charge is -2.28. The van der Waals surface area contributed by atoms with Crippen molar-refractivity contribution in [3.05, 3.63) is 0 Å². The normalized spacial score (nSPS) is 30.8. The maximum atomic E-state index is 11.1. The summed E-state index contributed by atoms with van der Waals surface area (Å²) >= 11 is 0. The highest BCUT2D eigenvalue weighted by molar-refractivity contribution is 5.74. The number of nitrogens with one attached hydrogen (secondary N) is 1. The van der Waals surface area contributed by atoms with Gasteiger partial charge in [0.1, 0.15) is 0 Å². The zero-order chi connectivity index (χ0) is 19.8. The zero-order valence-electron chi connectivity index (χ0n) is 17.4. The molecule has 28 heavy (non-hydrogen) atoms. The van der Waals surface area contributed by atoms with Crippen LogP contribution in [0.15, 0.2) is 0 Å². The quantitative estimate of drug-likeness (QED) is 0.280. The predicted molar refractivity (Wildman–Crippen MR) is 106 cm³/mol. The summed E-state index contributed by atoms with van der Waals surface area (Å²) in [6.45, 7) is 4.46. The molecule has 6 nitrogen and oxygen atoms in total. The summed E-state index contributed by atoms with van der Waals surface area (Å²) in [5.41, 5.74) is 1.67. The Kier molecular flexibility index (Phi) is 9.03. The van der Waals surface area contributed by atoms with Gasteiger partial charge in [-0.1, -0.05) is 25.7 Å². The zero-order valence-corrected chi connectivity index (χ0v) is 17.4. The number of hydrogen-bond acceptors (Lipinski definition) is 5. The largest absolute Gasteiger partial charge is 0.381 e. The van der Waals surface area contributed by atoms with Crippen LogP contribution in [-0.4, -0.2) is 49.2 Å². The molecule has 5 atom stereocenters. The molecule has 1 aliphatic carbocycles. The molecule has 0 radical (unpaired) electrons. The van der Waals surface area contributed by atoms with Crippen LogP contribution >= 0.6 is 0 Å². The van der Waals surface area contributed by atoms with E-state index in [1.54, 1.807) is 5.48 Å². The van der Waals surface area contributed by atoms with Gasteiger partial charge in [-0.3, -0.25) is 10.0 Å². The summed E-state index contributed by atoms with van der Waals surface area (Å²) in [4.78, 5) is 11.1. The molecule has 162 valence electrons. The molecule has 3 aliphatic rings. The maximum Gasteiger partial charge on any atom is 0.243 e. The number of hydrogen-bond donors (Lipinski definition) is 2. The number of carbonyl (C=O) groups excluding carboxylic acids is 1. The van der Waals surface area contributed by atoms with E-state index in [0.29, 0.717) is 37.1 Å². The minimum atomic E-state index is -0.357. The van der Waals surface area contributed by atoms with E-state index in [0.717, 1.165) is 32.0 Å². The van der Waals surface area contributed by atoms with Crippen molar-refractivity contribution in [1.29, 1.82) is 0 Å². The van der Waals surface area contributed by atoms with Gasteiger partial charge in [0.25, 0.3) is 0 Å². The van der Waals surface area contributed by atoms with Crippen molar-refractivity contribution in [1.82, 2.24) is 5.48 Å². The second kappa shape index (κ2) is 11.5. The number of hydroxylamine groups is 1. The van der Waals surface area contributed by atoms with Gasteiger partial charge in [-0.05, 0) is 63.2 Å². The maximum absolute atomic E-state index is 11.1. The number of carbonyl (C=O) groups is 1. The second-order valence-electron chi connectivity index (χ2n) is 9.00. The van der Waals surface area contributed by atoms with Gasteiger partial charge in [-0.25, -0.2) is 5.48 Å². The fourth-order valence-electron chi connectivity index (χ4n) is 5.42. The van der Waals surface area contributed by atoms with Gasteiger partial charge in [-0.15, -0.1) is 0 Å². The summed E-state index contributed by atoms with van der Waals surface area (Å²) in [5, 5.41) is 8.55. The highest BCUT2D eigenvalue weighted by Crippen LogP contribution is 2.46. The van der Waals surface area contributed by atoms with Crippen molar-refractivity contribution >= 4 is 5.91 Å². The van der Waals surface area contributed by atoms with Gasteiger partial charge in [-0.2, -0.15) is 0 Å². The molecule has 1 saturated carbocycles. The first kappa shape index (κ1) is 22.0. The molecular formula is C22H39NO5. The lowest BCUT2D eigenvalue weighted by molar-refractivity contribution is -0.129. The van der Waals surface area contributed by atoms with Gasteiger partial charge in [0.05, 0.1) is 18.3 Å². The van der Waals surface area contributed by atoms with E-state index in [2.05, 4.69) is 0 Å². The topological polar surface area (TPSA) is 77.0 Å². The summed E-state index contributed by atoms with van der Waals surface area (Å²) in [6, 6.07) is 0. The summed E-state index contributed by atoms with van der Waals surface area (Å²) in [7, 11) is 0. The molecule has 5 unspecified atom stereocenters. The molecule has 0 aromatic rings. The monoisotopic (exact) mass is 397 g/mol. The molecule has 3 fully saturated rings. The van der Waals surface area contributed by atoms with Crippen LogP contribution < -0.4 is 5.48 Å². The van der Waals surface area contributed by atoms with E-state index in [4.69, 9.17) is 19.4 Å². The molecule has 0 aromatic carbocycles. The molecule has 6 heteroatoms. The van der Waals surface area contributed by atoms with Crippen LogP contribution in [0.1, 0.15) is 77.6 Å². The molecule has 2 bridgehead atoms. The standard InChI is InChI=1S/C22H39NO5/c1-16(6-9-22(24)23-25)27-15-12-19-18(20-7-8-21(19)28-20)11-14-26-13-10-17-4-2-3-5-17/h16-21,25H,2-15H2,1H3,(H,23,24). The Balaban J connectivity index is 1.30. The van der Waals surface area contributed by atoms with Gasteiger partial charge in [0.15, 0.2) is 0 Å². The average Bonchev–Trinajstić information content (AvgIpc) is 3.44. The minimum Gasteiger partial charge on any atom is -0.381 e. The lowest BCUT2D eigenvalue weighted by Crippen LogP contribution is -2.30. The molecule has 2 aliphatic heterocycles. The molecular weight excluding hydrogens is 358 g/mol. The van der Waals surface area contributed by atoms with Gasteiger partial charge in [0, 0.05) is 26.2 Å². The highest BCUT2D eigenvalue weighted by atomic mass is 16.5. The summed E-state index contributed by atoms with van der Waals surface area (Å²) in [6.07, 6.45) is 13.1. The van der Waals surface area contributed by atoms with Gasteiger partial charge >= 0.3 is 0 Å². The minimum absolute atomic E-state index is 0.0224. The van der Waals surface area contributed by atoms with Gasteiger partial charge in [0.2, 0.25) is 5.91 Å². The predicted octanol–water partition coefficient (Wildman–Crippen LogP) is 3.85. The van der Waals surface area contributed by atoms with Crippen molar-refractivity contribution in [2.24, 2.45) is 17.8 Å². The van der Waals surface area contributed by atoms with Crippen LogP contribution in [0.5, 0.6) is 0 Å². The van der Waals surface area contributed by atoms with Crippen LogP contribution in [-0.2, 0) is 19.0 Å². The molecule has 1 amide bonds. The van der Waals surface area contributed by atoms with Gasteiger partial charge < -0.3 is 14.2 Å². The Labute approximate surface area is 169 Å². The molecule has 0 spiro atoms. The number of fused-ring (bicyclic) bond motifs is 2. The van der Waals surface area contributed by atoms with Crippen LogP contribution in [0.25, 0.3) is 0 Å². The first-order valence-electron chi connectivity index (χ1n) is 11.4. The second-order valence-corrected chi connectivity index (χ2v) is 9.00. The molecule has 2 heterocycles. The number of ether oxygens (including phenoxy) is 3. The average molecular weight is 398 g/mol. The third kappa shape index (κ3) is 6.41. The van der Waals surface area contributed by atoms with E-state index >= 15 is 0 Å². The lowest BCUT2D eigenvalue weighted by atomic mass is 9.76. The first-order valence-corrected chi connectivity index (χ1v) is 11.4. The van der Waals surface area contributed by atoms with Crippen LogP contribution in [0.3, 0.4) is 0 Å². The molecule has 2 N–H and O–H groups in total. The Morgan fingerprint density at radius 3 is 2.36 bits per heavy atom. The van der Waals surface area contributed by atoms with Crippen LogP contribution in [0.4, 0.5) is 0 Å². The Bertz CT molecular complexity index is 468. The Morgan fingerprint density at radius 2 is 1.68 bits per heavy atom. The van der Waals surface area contributed by atoms with E-state index < -0.39 is 0 Å². The Morgan fingerprint density at radius 1 is 1.04 bits per heavy atom. The van der Waals surface area contributed by atoms with Crippen molar-refractivity contribution in [3.63, 3.8) is 0 Å². The number of amides is 1. The fourth-order valence-corrected chi connectivity index (χ4v) is 5.42. The SMILES string of the molecule is CC(CCC(=O)NO)OCCC1C2CCC(O2)C1CCOCCC1CCCC1. The van der Waals surface area contributed by atoms with E-state index in [-0.39, 0.29) is 18.4 Å². The highest BCUT2D eigenvalue weighted by Gasteiger charge is 2.47. The number of rotatable bonds is 13. The molecule has 0 aromatic heterocycles. The molecule has 2 saturated heterocycles. The summed E-state index contributed by atoms with van der Waals surface area (Å²) in [5.74, 6) is 1.72. The summed E-state index contributed by atoms with van der Waals surface area (Å²) < 4.78 is 18.1. The Hall–Kier alpha value is -0.690. The van der Waals surface area contributed by atoms with E-state index in [1.165, 1.54) is 44.9 Å². The van der Waals surface area contributed by atoms with Crippen molar-refractivity contribution in [2.45, 2.75) is 95.9 Å². The molecule has 3 rings (SSSR count). The van der Waals surface area contributed by atoms with Crippen LogP contribution in [0, 0.1) is 17.8 Å². The fraction of sp³-hybridized carbons (Fsp3) is 0.955.